The number of nitrogens with zero attached hydrogens (tertiary/aromatic N) is 3. The molecule has 2 amide bonds. The van der Waals surface area contributed by atoms with Gasteiger partial charge in [-0.3, -0.25) is 14.4 Å². The number of likely N-dealkylation sites (tertiary alicyclic amines) is 1. The number of carbonyl (C=O) groups is 3. The number of aliphatic hydroxyl groups is 1. The van der Waals surface area contributed by atoms with Crippen LogP contribution < -0.4 is 9.80 Å². The van der Waals surface area contributed by atoms with E-state index in [1.165, 1.54) is 0 Å². The van der Waals surface area contributed by atoms with E-state index in [1.54, 1.807) is 34.6 Å². The van der Waals surface area contributed by atoms with Crippen molar-refractivity contribution in [3.8, 4) is 0 Å². The van der Waals surface area contributed by atoms with Gasteiger partial charge in [0.1, 0.15) is 6.04 Å². The Labute approximate surface area is 243 Å². The quantitative estimate of drug-likeness (QED) is 0.300. The zero-order chi connectivity index (χ0) is 29.4. The van der Waals surface area contributed by atoms with Crippen molar-refractivity contribution >= 4 is 40.9 Å². The number of thioether (sulfide) groups is 1. The smallest absolute Gasteiger partial charge is 0.310 e. The molecule has 3 aliphatic rings. The largest absolute Gasteiger partial charge is 0.466 e. The van der Waals surface area contributed by atoms with Gasteiger partial charge in [0.05, 0.1) is 35.8 Å². The summed E-state index contributed by atoms with van der Waals surface area (Å²) in [7, 11) is 0. The molecule has 0 aromatic heterocycles. The van der Waals surface area contributed by atoms with E-state index in [0.717, 1.165) is 30.9 Å². The van der Waals surface area contributed by atoms with E-state index in [1.807, 2.05) is 38.1 Å². The van der Waals surface area contributed by atoms with Crippen LogP contribution in [0.4, 0.5) is 11.4 Å². The molecule has 3 aliphatic heterocycles. The van der Waals surface area contributed by atoms with E-state index in [-0.39, 0.29) is 54.6 Å². The van der Waals surface area contributed by atoms with Crippen molar-refractivity contribution < 1.29 is 24.2 Å². The Kier molecular flexibility index (Phi) is 9.25. The van der Waals surface area contributed by atoms with Crippen molar-refractivity contribution in [2.75, 3.05) is 42.6 Å². The van der Waals surface area contributed by atoms with Gasteiger partial charge in [-0.2, -0.15) is 0 Å². The van der Waals surface area contributed by atoms with Gasteiger partial charge in [-0.05, 0) is 63.3 Å². The van der Waals surface area contributed by atoms with E-state index in [2.05, 4.69) is 32.3 Å². The lowest BCUT2D eigenvalue weighted by molar-refractivity contribution is -0.154. The monoisotopic (exact) mass is 571 g/mol. The van der Waals surface area contributed by atoms with Crippen molar-refractivity contribution in [3.63, 3.8) is 0 Å². The highest BCUT2D eigenvalue weighted by molar-refractivity contribution is 8.02. The molecule has 0 aliphatic carbocycles. The molecular formula is C31H45N3O5S. The minimum Gasteiger partial charge on any atom is -0.466 e. The first-order chi connectivity index (χ1) is 19.1. The maximum absolute atomic E-state index is 14.8. The molecular weight excluding hydrogens is 526 g/mol. The third-order valence-electron chi connectivity index (χ3n) is 9.16. The Balaban J connectivity index is 1.82. The lowest BCUT2D eigenvalue weighted by Crippen LogP contribution is -2.60. The molecule has 3 saturated heterocycles. The topological polar surface area (TPSA) is 90.4 Å². The van der Waals surface area contributed by atoms with Crippen LogP contribution in [0.5, 0.6) is 0 Å². The second-order valence-corrected chi connectivity index (χ2v) is 13.0. The van der Waals surface area contributed by atoms with E-state index in [0.29, 0.717) is 0 Å². The number of fused-ring (bicyclic) bond motifs is 1. The van der Waals surface area contributed by atoms with Crippen LogP contribution in [-0.4, -0.2) is 82.7 Å². The molecule has 3 unspecified atom stereocenters. The Hall–Kier alpha value is -2.52. The first-order valence-corrected chi connectivity index (χ1v) is 15.5. The molecule has 1 aromatic carbocycles. The molecule has 8 nitrogen and oxygen atoms in total. The fourth-order valence-electron chi connectivity index (χ4n) is 7.25. The van der Waals surface area contributed by atoms with Crippen LogP contribution in [0.15, 0.2) is 36.9 Å². The highest BCUT2D eigenvalue weighted by Crippen LogP contribution is 2.69. The van der Waals surface area contributed by atoms with Crippen LogP contribution in [0, 0.1) is 23.7 Å². The molecule has 0 saturated carbocycles. The molecule has 1 aromatic rings. The minimum atomic E-state index is -0.823. The van der Waals surface area contributed by atoms with Crippen molar-refractivity contribution in [1.82, 2.24) is 4.90 Å². The van der Waals surface area contributed by atoms with Crippen LogP contribution in [0.25, 0.3) is 0 Å². The van der Waals surface area contributed by atoms with Gasteiger partial charge < -0.3 is 24.5 Å². The predicted molar refractivity (Wildman–Crippen MR) is 160 cm³/mol. The molecule has 1 N–H and O–H groups in total. The average molecular weight is 572 g/mol. The highest BCUT2D eigenvalue weighted by atomic mass is 32.2. The minimum absolute atomic E-state index is 0.0307. The van der Waals surface area contributed by atoms with Gasteiger partial charge in [0.2, 0.25) is 5.91 Å². The summed E-state index contributed by atoms with van der Waals surface area (Å²) < 4.78 is 4.67. The van der Waals surface area contributed by atoms with Crippen LogP contribution in [0.3, 0.4) is 0 Å². The number of benzene rings is 1. The summed E-state index contributed by atoms with van der Waals surface area (Å²) in [4.78, 5) is 47.9. The van der Waals surface area contributed by atoms with Crippen LogP contribution in [-0.2, 0) is 19.1 Å². The summed E-state index contributed by atoms with van der Waals surface area (Å²) in [6.45, 7) is 17.9. The summed E-state index contributed by atoms with van der Waals surface area (Å²) in [6, 6.07) is 6.56. The summed E-state index contributed by atoms with van der Waals surface area (Å²) in [6.07, 6.45) is 2.43. The molecule has 9 heteroatoms. The van der Waals surface area contributed by atoms with Gasteiger partial charge in [-0.1, -0.05) is 26.8 Å². The van der Waals surface area contributed by atoms with E-state index < -0.39 is 28.7 Å². The molecule has 4 rings (SSSR count). The lowest BCUT2D eigenvalue weighted by Gasteiger charge is -2.42. The molecule has 220 valence electrons. The molecule has 0 radical (unpaired) electrons. The third kappa shape index (κ3) is 4.73. The number of carbonyl (C=O) groups excluding carboxylic acids is 3. The van der Waals surface area contributed by atoms with E-state index in [9.17, 15) is 19.5 Å². The van der Waals surface area contributed by atoms with Crippen molar-refractivity contribution in [1.29, 1.82) is 0 Å². The standard InChI is InChI=1S/C31H45N3O5S/c1-8-16-33(22-14-12-21(13-15-22)32(9-2)10-3)29(37)27-31-20(7)17-24(40-31)25(30(38)39-11-4)26(31)28(36)34(27)23(18-35)19(5)6/h8,12-15,19-20,23-27,35H,1,9-11,16-18H2,2-7H3/t20?,23-,24-,25+,26-,27?,31?/m0/s1. The van der Waals surface area contributed by atoms with Crippen LogP contribution >= 0.6 is 11.8 Å². The van der Waals surface area contributed by atoms with Crippen molar-refractivity contribution in [2.24, 2.45) is 23.7 Å². The molecule has 40 heavy (non-hydrogen) atoms. The second kappa shape index (κ2) is 12.1. The van der Waals surface area contributed by atoms with Crippen molar-refractivity contribution in [3.05, 3.63) is 36.9 Å². The summed E-state index contributed by atoms with van der Waals surface area (Å²) in [5, 5.41) is 10.4. The number of hydrogen-bond donors (Lipinski definition) is 1. The van der Waals surface area contributed by atoms with Crippen molar-refractivity contribution in [2.45, 2.75) is 70.0 Å². The zero-order valence-electron chi connectivity index (χ0n) is 24.7. The number of amides is 2. The second-order valence-electron chi connectivity index (χ2n) is 11.5. The van der Waals surface area contributed by atoms with Gasteiger partial charge in [0.15, 0.2) is 0 Å². The number of esters is 1. The first kappa shape index (κ1) is 30.4. The zero-order valence-corrected chi connectivity index (χ0v) is 25.5. The Morgan fingerprint density at radius 3 is 2.35 bits per heavy atom. The lowest BCUT2D eigenvalue weighted by atomic mass is 9.66. The number of aliphatic hydroxyl groups excluding tert-OH is 1. The summed E-state index contributed by atoms with van der Waals surface area (Å²) in [5.74, 6) is -2.09. The Morgan fingerprint density at radius 1 is 1.20 bits per heavy atom. The van der Waals surface area contributed by atoms with Gasteiger partial charge in [-0.15, -0.1) is 18.3 Å². The normalized spacial score (nSPS) is 29.4. The number of hydrogen-bond acceptors (Lipinski definition) is 7. The predicted octanol–water partition coefficient (Wildman–Crippen LogP) is 3.97. The van der Waals surface area contributed by atoms with Crippen LogP contribution in [0.2, 0.25) is 0 Å². The Morgan fingerprint density at radius 2 is 1.82 bits per heavy atom. The third-order valence-corrected chi connectivity index (χ3v) is 11.2. The molecule has 7 atom stereocenters. The number of anilines is 2. The van der Waals surface area contributed by atoms with Gasteiger partial charge in [0, 0.05) is 36.3 Å². The maximum Gasteiger partial charge on any atom is 0.310 e. The fourth-order valence-corrected chi connectivity index (χ4v) is 9.64. The van der Waals surface area contributed by atoms with E-state index >= 15 is 0 Å². The van der Waals surface area contributed by atoms with Gasteiger partial charge in [-0.25, -0.2) is 0 Å². The number of ether oxygens (including phenoxy) is 1. The van der Waals surface area contributed by atoms with Crippen LogP contribution in [0.1, 0.15) is 48.0 Å². The Bertz CT molecular complexity index is 1110. The molecule has 1 spiro atoms. The number of rotatable bonds is 12. The molecule has 3 heterocycles. The molecule has 2 bridgehead atoms. The molecule has 3 fully saturated rings. The summed E-state index contributed by atoms with van der Waals surface area (Å²) in [5.41, 5.74) is 1.80. The first-order valence-electron chi connectivity index (χ1n) is 14.7. The van der Waals surface area contributed by atoms with E-state index in [4.69, 9.17) is 4.74 Å². The highest BCUT2D eigenvalue weighted by Gasteiger charge is 2.77. The maximum atomic E-state index is 14.8. The summed E-state index contributed by atoms with van der Waals surface area (Å²) >= 11 is 1.62. The van der Waals surface area contributed by atoms with Gasteiger partial charge in [0.25, 0.3) is 5.91 Å². The fraction of sp³-hybridized carbons (Fsp3) is 0.645. The van der Waals surface area contributed by atoms with Gasteiger partial charge >= 0.3 is 5.97 Å². The SMILES string of the molecule is C=CCN(C(=O)C1N([C@@H](CO)C(C)C)C(=O)[C@@H]2[C@H](C(=O)OCC)[C@@H]3CC(C)C12S3)c1ccc(N(CC)CC)cc1. The average Bonchev–Trinajstić information content (AvgIpc) is 3.52.